The third-order valence-corrected chi connectivity index (χ3v) is 5.11. The zero-order valence-electron chi connectivity index (χ0n) is 15.4. The number of benzene rings is 1. The number of nitrogens with zero attached hydrogens (tertiary/aromatic N) is 2. The summed E-state index contributed by atoms with van der Waals surface area (Å²) in [5.74, 6) is -0.196. The quantitative estimate of drug-likeness (QED) is 0.531. The van der Waals surface area contributed by atoms with E-state index in [0.29, 0.717) is 18.3 Å². The number of hydrogen-bond donors (Lipinski definition) is 3. The lowest BCUT2D eigenvalue weighted by Gasteiger charge is -2.26. The van der Waals surface area contributed by atoms with Crippen molar-refractivity contribution in [1.82, 2.24) is 15.8 Å². The highest BCUT2D eigenvalue weighted by molar-refractivity contribution is 7.80. The molecular formula is C18H23N5O2S2. The Morgan fingerprint density at radius 2 is 1.93 bits per heavy atom. The number of amides is 1. The number of hydrazine groups is 1. The van der Waals surface area contributed by atoms with Gasteiger partial charge < -0.3 is 15.0 Å². The van der Waals surface area contributed by atoms with Crippen LogP contribution in [0, 0.1) is 13.8 Å². The number of carbonyl (C=O) groups is 1. The van der Waals surface area contributed by atoms with Gasteiger partial charge in [-0.2, -0.15) is 0 Å². The fraction of sp³-hybridized carbons (Fsp3) is 0.389. The van der Waals surface area contributed by atoms with Crippen LogP contribution in [0.1, 0.15) is 16.8 Å². The second-order valence-corrected chi connectivity index (χ2v) is 7.65. The van der Waals surface area contributed by atoms with Crippen molar-refractivity contribution in [2.45, 2.75) is 20.3 Å². The van der Waals surface area contributed by atoms with Gasteiger partial charge in [0.05, 0.1) is 25.3 Å². The van der Waals surface area contributed by atoms with E-state index in [9.17, 15) is 4.79 Å². The number of thiocarbonyl (C=S) groups is 1. The molecule has 7 nitrogen and oxygen atoms in total. The topological polar surface area (TPSA) is 78.5 Å². The number of aromatic nitrogens is 1. The summed E-state index contributed by atoms with van der Waals surface area (Å²) in [4.78, 5) is 18.9. The maximum absolute atomic E-state index is 12.1. The van der Waals surface area contributed by atoms with Crippen molar-refractivity contribution in [2.75, 3.05) is 36.5 Å². The smallest absolute Gasteiger partial charge is 0.244 e. The number of ether oxygens (including phenoxy) is 1. The normalized spacial score (nSPS) is 13.9. The van der Waals surface area contributed by atoms with Crippen molar-refractivity contribution in [1.29, 1.82) is 0 Å². The first-order chi connectivity index (χ1) is 13.0. The molecule has 1 aromatic heterocycles. The second-order valence-electron chi connectivity index (χ2n) is 6.40. The van der Waals surface area contributed by atoms with Gasteiger partial charge in [0.1, 0.15) is 0 Å². The molecule has 9 heteroatoms. The molecule has 1 saturated heterocycles. The Hall–Kier alpha value is -2.23. The number of hydrogen-bond acceptors (Lipinski definition) is 6. The highest BCUT2D eigenvalue weighted by Crippen LogP contribution is 2.21. The number of morpholine rings is 1. The molecule has 1 fully saturated rings. The van der Waals surface area contributed by atoms with E-state index in [1.165, 1.54) is 0 Å². The Balaban J connectivity index is 1.45. The molecule has 0 spiro atoms. The van der Waals surface area contributed by atoms with E-state index < -0.39 is 0 Å². The van der Waals surface area contributed by atoms with Crippen LogP contribution in [0.2, 0.25) is 0 Å². The molecule has 3 N–H and O–H groups in total. The molecule has 0 unspecified atom stereocenters. The van der Waals surface area contributed by atoms with Gasteiger partial charge in [0.15, 0.2) is 10.2 Å². The third-order valence-electron chi connectivity index (χ3n) is 3.96. The molecule has 1 aromatic carbocycles. The Kier molecular flexibility index (Phi) is 6.59. The molecule has 0 saturated carbocycles. The average Bonchev–Trinajstić information content (AvgIpc) is 3.08. The summed E-state index contributed by atoms with van der Waals surface area (Å²) in [7, 11) is 0. The van der Waals surface area contributed by atoms with E-state index >= 15 is 0 Å². The number of rotatable bonds is 4. The number of nitrogens with one attached hydrogen (secondary N) is 3. The van der Waals surface area contributed by atoms with Crippen LogP contribution in [0.3, 0.4) is 0 Å². The van der Waals surface area contributed by atoms with E-state index in [1.807, 2.05) is 31.4 Å². The molecule has 1 amide bonds. The van der Waals surface area contributed by atoms with Crippen molar-refractivity contribution in [3.8, 4) is 0 Å². The molecule has 0 aliphatic carbocycles. The Morgan fingerprint density at radius 3 is 2.63 bits per heavy atom. The highest BCUT2D eigenvalue weighted by atomic mass is 32.1. The van der Waals surface area contributed by atoms with Crippen molar-refractivity contribution < 1.29 is 9.53 Å². The van der Waals surface area contributed by atoms with Crippen LogP contribution in [0.15, 0.2) is 23.6 Å². The van der Waals surface area contributed by atoms with Gasteiger partial charge >= 0.3 is 0 Å². The van der Waals surface area contributed by atoms with Gasteiger partial charge in [-0.1, -0.05) is 6.07 Å². The van der Waals surface area contributed by atoms with E-state index in [0.717, 1.165) is 40.7 Å². The van der Waals surface area contributed by atoms with Crippen LogP contribution in [-0.4, -0.2) is 42.3 Å². The molecule has 3 rings (SSSR count). The summed E-state index contributed by atoms with van der Waals surface area (Å²) in [5, 5.41) is 6.24. The minimum Gasteiger partial charge on any atom is -0.378 e. The van der Waals surface area contributed by atoms with Crippen molar-refractivity contribution >= 4 is 45.4 Å². The molecule has 0 atom stereocenters. The predicted octanol–water partition coefficient (Wildman–Crippen LogP) is 2.16. The van der Waals surface area contributed by atoms with E-state index in [1.54, 1.807) is 11.3 Å². The Labute approximate surface area is 168 Å². The standard InChI is InChI=1S/C18H23N5O2S2/c1-12-7-13(2)9-14(8-12)19-17(26)22-21-16(24)10-15-11-27-18(20-15)23-3-5-25-6-4-23/h7-9,11H,3-6,10H2,1-2H3,(H,21,24)(H2,19,22,26). The van der Waals surface area contributed by atoms with Gasteiger partial charge in [-0.15, -0.1) is 11.3 Å². The summed E-state index contributed by atoms with van der Waals surface area (Å²) in [6.07, 6.45) is 0.194. The first kappa shape index (κ1) is 19.5. The highest BCUT2D eigenvalue weighted by Gasteiger charge is 2.15. The van der Waals surface area contributed by atoms with Crippen LogP contribution in [-0.2, 0) is 16.0 Å². The second kappa shape index (κ2) is 9.12. The van der Waals surface area contributed by atoms with Crippen molar-refractivity contribution in [3.05, 3.63) is 40.4 Å². The summed E-state index contributed by atoms with van der Waals surface area (Å²) in [5.41, 5.74) is 9.25. The minimum absolute atomic E-state index is 0.194. The molecule has 2 aromatic rings. The van der Waals surface area contributed by atoms with Gasteiger partial charge in [0, 0.05) is 24.2 Å². The van der Waals surface area contributed by atoms with Gasteiger partial charge in [-0.3, -0.25) is 15.6 Å². The van der Waals surface area contributed by atoms with E-state index in [4.69, 9.17) is 17.0 Å². The Morgan fingerprint density at radius 1 is 1.22 bits per heavy atom. The predicted molar refractivity (Wildman–Crippen MR) is 112 cm³/mol. The summed E-state index contributed by atoms with van der Waals surface area (Å²) >= 11 is 6.77. The maximum Gasteiger partial charge on any atom is 0.244 e. The van der Waals surface area contributed by atoms with Gasteiger partial charge in [-0.05, 0) is 49.3 Å². The first-order valence-electron chi connectivity index (χ1n) is 8.71. The third kappa shape index (κ3) is 5.88. The molecule has 1 aliphatic rings. The number of carbonyl (C=O) groups excluding carboxylic acids is 1. The number of aryl methyl sites for hydroxylation is 2. The van der Waals surface area contributed by atoms with Crippen molar-refractivity contribution in [3.63, 3.8) is 0 Å². The lowest BCUT2D eigenvalue weighted by atomic mass is 10.1. The lowest BCUT2D eigenvalue weighted by molar-refractivity contribution is -0.121. The molecule has 0 radical (unpaired) electrons. The van der Waals surface area contributed by atoms with Crippen molar-refractivity contribution in [2.24, 2.45) is 0 Å². The average molecular weight is 406 g/mol. The number of anilines is 2. The Bertz CT molecular complexity index is 798. The SMILES string of the molecule is Cc1cc(C)cc(NC(=S)NNC(=O)Cc2csc(N3CCOCC3)n2)c1. The van der Waals surface area contributed by atoms with Crippen LogP contribution >= 0.6 is 23.6 Å². The van der Waals surface area contributed by atoms with Gasteiger partial charge in [0.25, 0.3) is 0 Å². The molecular weight excluding hydrogens is 382 g/mol. The minimum atomic E-state index is -0.196. The van der Waals surface area contributed by atoms with E-state index in [-0.39, 0.29) is 12.3 Å². The van der Waals surface area contributed by atoms with Crippen LogP contribution in [0.25, 0.3) is 0 Å². The van der Waals surface area contributed by atoms with E-state index in [2.05, 4.69) is 32.1 Å². The summed E-state index contributed by atoms with van der Waals surface area (Å²) < 4.78 is 5.35. The largest absolute Gasteiger partial charge is 0.378 e. The zero-order valence-corrected chi connectivity index (χ0v) is 17.0. The fourth-order valence-corrected chi connectivity index (χ4v) is 3.87. The van der Waals surface area contributed by atoms with Gasteiger partial charge in [0.2, 0.25) is 5.91 Å². The monoisotopic (exact) mass is 405 g/mol. The maximum atomic E-state index is 12.1. The van der Waals surface area contributed by atoms with Crippen LogP contribution in [0.5, 0.6) is 0 Å². The summed E-state index contributed by atoms with van der Waals surface area (Å²) in [6.45, 7) is 7.14. The van der Waals surface area contributed by atoms with Crippen LogP contribution in [0.4, 0.5) is 10.8 Å². The lowest BCUT2D eigenvalue weighted by Crippen LogP contribution is -2.44. The molecule has 27 heavy (non-hydrogen) atoms. The van der Waals surface area contributed by atoms with Gasteiger partial charge in [-0.25, -0.2) is 4.98 Å². The molecule has 1 aliphatic heterocycles. The number of thiazole rings is 1. The first-order valence-corrected chi connectivity index (χ1v) is 9.99. The molecule has 144 valence electrons. The van der Waals surface area contributed by atoms with Crippen LogP contribution < -0.4 is 21.1 Å². The fourth-order valence-electron chi connectivity index (χ4n) is 2.82. The molecule has 2 heterocycles. The summed E-state index contributed by atoms with van der Waals surface area (Å²) in [6, 6.07) is 6.07. The molecule has 0 bridgehead atoms. The zero-order chi connectivity index (χ0) is 19.2.